The van der Waals surface area contributed by atoms with E-state index in [1.54, 1.807) is 26.1 Å². The van der Waals surface area contributed by atoms with Gasteiger partial charge in [-0.15, -0.1) is 0 Å². The summed E-state index contributed by atoms with van der Waals surface area (Å²) in [5, 5.41) is 18.5. The molecule has 0 amide bonds. The maximum Gasteiger partial charge on any atom is 0.338 e. The summed E-state index contributed by atoms with van der Waals surface area (Å²) < 4.78 is 4.75. The number of esters is 1. The number of rotatable bonds is 4. The van der Waals surface area contributed by atoms with Gasteiger partial charge in [-0.25, -0.2) is 4.79 Å². The van der Waals surface area contributed by atoms with Gasteiger partial charge in [0.1, 0.15) is 11.5 Å². The molecular weight excluding hydrogens is 326 g/mol. The molecule has 1 aromatic carbocycles. The number of aromatic hydroxyl groups is 2. The number of aromatic nitrogens is 1. The topological polar surface area (TPSA) is 79.7 Å². The Morgan fingerprint density at radius 1 is 1.33 bits per heavy atom. The molecule has 2 aromatic rings. The summed E-state index contributed by atoms with van der Waals surface area (Å²) in [7, 11) is 0. The zero-order valence-corrected chi connectivity index (χ0v) is 14.6. The lowest BCUT2D eigenvalue weighted by Crippen LogP contribution is -2.03. The number of thiol groups is 1. The first-order valence-electron chi connectivity index (χ1n) is 7.31. The molecule has 0 saturated heterocycles. The number of pyridine rings is 1. The molecule has 5 nitrogen and oxygen atoms in total. The van der Waals surface area contributed by atoms with Crippen molar-refractivity contribution in [2.75, 3.05) is 6.61 Å². The fourth-order valence-electron chi connectivity index (χ4n) is 1.81. The molecule has 128 valence electrons. The number of hydrogen-bond donors (Lipinski definition) is 3. The van der Waals surface area contributed by atoms with Gasteiger partial charge in [-0.05, 0) is 43.7 Å². The number of phenolic OH excluding ortho intramolecular Hbond substituents is 1. The minimum atomic E-state index is -0.363. The molecule has 1 aromatic heterocycles. The number of nitrogens with zero attached hydrogens (tertiary/aromatic N) is 1. The Bertz CT molecular complexity index is 699. The Balaban J connectivity index is 0.000000240. The fourth-order valence-corrected chi connectivity index (χ4v) is 2.15. The monoisotopic (exact) mass is 347 g/mol. The molecule has 24 heavy (non-hydrogen) atoms. The first-order chi connectivity index (χ1) is 11.4. The normalized spacial score (nSPS) is 9.62. The largest absolute Gasteiger partial charge is 0.508 e. The number of ether oxygens (including phenoxy) is 1. The lowest BCUT2D eigenvalue weighted by atomic mass is 10.1. The van der Waals surface area contributed by atoms with Crippen molar-refractivity contribution in [2.45, 2.75) is 19.6 Å². The molecule has 0 aliphatic carbocycles. The maximum atomic E-state index is 11.1. The van der Waals surface area contributed by atoms with Crippen molar-refractivity contribution in [1.82, 2.24) is 4.98 Å². The molecule has 0 aliphatic heterocycles. The Hall–Kier alpha value is -2.47. The predicted octanol–water partition coefficient (Wildman–Crippen LogP) is 3.74. The molecule has 1 heterocycles. The van der Waals surface area contributed by atoms with Gasteiger partial charge in [0.2, 0.25) is 0 Å². The average molecular weight is 347 g/mol. The SMILES string of the molecule is C=Cc1cnc(C)c(O)c1CS.CCOC(=O)c1ccc(O)cc1. The standard InChI is InChI=1S/C9H11NOS.C9H10O3/c1-3-7-4-10-6(2)9(11)8(7)5-12;1-2-12-9(11)7-3-5-8(10)6-4-7/h3-4,11-12H,1,5H2,2H3;3-6,10H,2H2,1H3. The lowest BCUT2D eigenvalue weighted by Gasteiger charge is -2.06. The van der Waals surface area contributed by atoms with Crippen LogP contribution in [0.3, 0.4) is 0 Å². The van der Waals surface area contributed by atoms with Crippen LogP contribution in [0, 0.1) is 6.92 Å². The second-order valence-electron chi connectivity index (χ2n) is 4.76. The van der Waals surface area contributed by atoms with Crippen LogP contribution in [0.1, 0.15) is 34.1 Å². The molecule has 2 rings (SSSR count). The van der Waals surface area contributed by atoms with Gasteiger partial charge in [0.05, 0.1) is 17.9 Å². The van der Waals surface area contributed by atoms with Crippen LogP contribution in [0.15, 0.2) is 37.0 Å². The van der Waals surface area contributed by atoms with Gasteiger partial charge in [0.15, 0.2) is 0 Å². The summed E-state index contributed by atoms with van der Waals surface area (Å²) in [6.45, 7) is 7.49. The molecule has 0 aliphatic rings. The highest BCUT2D eigenvalue weighted by Crippen LogP contribution is 2.25. The van der Waals surface area contributed by atoms with Crippen molar-refractivity contribution < 1.29 is 19.7 Å². The molecule has 0 spiro atoms. The van der Waals surface area contributed by atoms with E-state index >= 15 is 0 Å². The van der Waals surface area contributed by atoms with Crippen molar-refractivity contribution in [2.24, 2.45) is 0 Å². The average Bonchev–Trinajstić information content (AvgIpc) is 2.58. The predicted molar refractivity (Wildman–Crippen MR) is 97.5 cm³/mol. The van der Waals surface area contributed by atoms with E-state index in [0.717, 1.165) is 11.1 Å². The van der Waals surface area contributed by atoms with Gasteiger partial charge < -0.3 is 14.9 Å². The molecule has 6 heteroatoms. The van der Waals surface area contributed by atoms with Crippen LogP contribution in [0.2, 0.25) is 0 Å². The van der Waals surface area contributed by atoms with Gasteiger partial charge >= 0.3 is 5.97 Å². The van der Waals surface area contributed by atoms with E-state index in [9.17, 15) is 9.90 Å². The van der Waals surface area contributed by atoms with E-state index in [4.69, 9.17) is 9.84 Å². The van der Waals surface area contributed by atoms with Crippen LogP contribution < -0.4 is 0 Å². The van der Waals surface area contributed by atoms with E-state index in [1.165, 1.54) is 24.3 Å². The number of benzene rings is 1. The quantitative estimate of drug-likeness (QED) is 0.580. The number of hydrogen-bond acceptors (Lipinski definition) is 6. The van der Waals surface area contributed by atoms with Crippen LogP contribution in [-0.4, -0.2) is 27.8 Å². The molecule has 0 radical (unpaired) electrons. The number of carbonyl (C=O) groups is 1. The summed E-state index contributed by atoms with van der Waals surface area (Å²) in [5.74, 6) is 0.499. The number of aryl methyl sites for hydroxylation is 1. The molecule has 0 fully saturated rings. The Kier molecular flexibility index (Phi) is 7.85. The summed E-state index contributed by atoms with van der Waals surface area (Å²) in [6.07, 6.45) is 3.35. The van der Waals surface area contributed by atoms with E-state index in [-0.39, 0.29) is 17.5 Å². The summed E-state index contributed by atoms with van der Waals surface area (Å²) >= 11 is 4.12. The lowest BCUT2D eigenvalue weighted by molar-refractivity contribution is 0.0526. The van der Waals surface area contributed by atoms with Crippen LogP contribution in [-0.2, 0) is 10.5 Å². The smallest absolute Gasteiger partial charge is 0.338 e. The minimum absolute atomic E-state index is 0.142. The third-order valence-electron chi connectivity index (χ3n) is 3.13. The molecule has 2 N–H and O–H groups in total. The third kappa shape index (κ3) is 5.31. The molecule has 0 atom stereocenters. The van der Waals surface area contributed by atoms with Gasteiger partial charge in [-0.2, -0.15) is 12.6 Å². The fraction of sp³-hybridized carbons (Fsp3) is 0.222. The van der Waals surface area contributed by atoms with Crippen LogP contribution in [0.5, 0.6) is 11.5 Å². The highest BCUT2D eigenvalue weighted by molar-refractivity contribution is 7.79. The second-order valence-corrected chi connectivity index (χ2v) is 5.07. The highest BCUT2D eigenvalue weighted by atomic mass is 32.1. The van der Waals surface area contributed by atoms with E-state index in [2.05, 4.69) is 24.2 Å². The third-order valence-corrected chi connectivity index (χ3v) is 3.45. The maximum absolute atomic E-state index is 11.1. The molecule has 0 bridgehead atoms. The van der Waals surface area contributed by atoms with E-state index < -0.39 is 0 Å². The Labute approximate surface area is 147 Å². The van der Waals surface area contributed by atoms with Crippen LogP contribution in [0.4, 0.5) is 0 Å². The first-order valence-corrected chi connectivity index (χ1v) is 7.94. The second kappa shape index (κ2) is 9.62. The summed E-state index contributed by atoms with van der Waals surface area (Å²) in [4.78, 5) is 15.1. The molecule has 0 unspecified atom stereocenters. The van der Waals surface area contributed by atoms with Gasteiger partial charge in [-0.3, -0.25) is 4.98 Å². The van der Waals surface area contributed by atoms with Crippen LogP contribution in [0.25, 0.3) is 6.08 Å². The van der Waals surface area contributed by atoms with Crippen molar-refractivity contribution in [1.29, 1.82) is 0 Å². The van der Waals surface area contributed by atoms with Crippen molar-refractivity contribution >= 4 is 24.7 Å². The molecule has 0 saturated carbocycles. The van der Waals surface area contributed by atoms with Crippen molar-refractivity contribution in [3.05, 3.63) is 59.4 Å². The zero-order chi connectivity index (χ0) is 18.1. The van der Waals surface area contributed by atoms with Crippen molar-refractivity contribution in [3.8, 4) is 11.5 Å². The minimum Gasteiger partial charge on any atom is -0.508 e. The first kappa shape index (κ1) is 19.6. The molecular formula is C18H21NO4S. The van der Waals surface area contributed by atoms with Gasteiger partial charge in [0.25, 0.3) is 0 Å². The highest BCUT2D eigenvalue weighted by Gasteiger charge is 2.07. The Morgan fingerprint density at radius 3 is 2.46 bits per heavy atom. The van der Waals surface area contributed by atoms with Gasteiger partial charge in [0, 0.05) is 17.5 Å². The van der Waals surface area contributed by atoms with Crippen LogP contribution >= 0.6 is 12.6 Å². The summed E-state index contributed by atoms with van der Waals surface area (Å²) in [5.41, 5.74) is 2.72. The summed E-state index contributed by atoms with van der Waals surface area (Å²) in [6, 6.07) is 5.94. The zero-order valence-electron chi connectivity index (χ0n) is 13.7. The van der Waals surface area contributed by atoms with Crippen molar-refractivity contribution in [3.63, 3.8) is 0 Å². The van der Waals surface area contributed by atoms with Gasteiger partial charge in [-0.1, -0.05) is 12.7 Å². The van der Waals surface area contributed by atoms with E-state index in [0.29, 0.717) is 23.6 Å². The number of phenols is 1. The Morgan fingerprint density at radius 2 is 1.96 bits per heavy atom. The number of carbonyl (C=O) groups excluding carboxylic acids is 1. The van der Waals surface area contributed by atoms with E-state index in [1.807, 2.05) is 0 Å².